The first kappa shape index (κ1) is 8.44. The van der Waals surface area contributed by atoms with Crippen LogP contribution < -0.4 is 11.1 Å². The first-order valence-electron chi connectivity index (χ1n) is 4.65. The van der Waals surface area contributed by atoms with Crippen LogP contribution in [0.15, 0.2) is 12.4 Å². The quantitative estimate of drug-likeness (QED) is 0.658. The molecule has 0 spiro atoms. The Hall–Kier alpha value is -1.16. The van der Waals surface area contributed by atoms with Crippen molar-refractivity contribution < 1.29 is 0 Å². The topological polar surface area (TPSA) is 63.8 Å². The third-order valence-corrected chi connectivity index (χ3v) is 2.44. The van der Waals surface area contributed by atoms with E-state index in [9.17, 15) is 0 Å². The van der Waals surface area contributed by atoms with Crippen LogP contribution in [0.4, 0.5) is 5.82 Å². The van der Waals surface area contributed by atoms with Crippen molar-refractivity contribution in [2.75, 3.05) is 18.8 Å². The summed E-state index contributed by atoms with van der Waals surface area (Å²) in [5.41, 5.74) is 6.70. The van der Waals surface area contributed by atoms with Crippen molar-refractivity contribution >= 4 is 5.82 Å². The van der Waals surface area contributed by atoms with E-state index < -0.39 is 0 Å². The Morgan fingerprint density at radius 2 is 2.23 bits per heavy atom. The Bertz CT molecular complexity index is 281. The van der Waals surface area contributed by atoms with Gasteiger partial charge in [0.2, 0.25) is 0 Å². The number of anilines is 1. The minimum Gasteiger partial charge on any atom is -0.382 e. The van der Waals surface area contributed by atoms with Crippen LogP contribution in [0.25, 0.3) is 0 Å². The molecule has 70 valence electrons. The summed E-state index contributed by atoms with van der Waals surface area (Å²) in [5, 5.41) is 3.34. The molecule has 0 aliphatic carbocycles. The zero-order valence-electron chi connectivity index (χ0n) is 7.53. The first-order chi connectivity index (χ1) is 6.38. The Kier molecular flexibility index (Phi) is 2.40. The predicted octanol–water partition coefficient (Wildman–Crippen LogP) is 0.526. The Labute approximate surface area is 77.6 Å². The van der Waals surface area contributed by atoms with Crippen molar-refractivity contribution in [3.8, 4) is 0 Å². The lowest BCUT2D eigenvalue weighted by molar-refractivity contribution is 0.455. The molecule has 0 amide bonds. The summed E-state index contributed by atoms with van der Waals surface area (Å²) in [4.78, 5) is 8.32. The van der Waals surface area contributed by atoms with E-state index in [2.05, 4.69) is 15.3 Å². The van der Waals surface area contributed by atoms with Gasteiger partial charge in [0.25, 0.3) is 0 Å². The molecule has 1 saturated heterocycles. The van der Waals surface area contributed by atoms with Crippen molar-refractivity contribution in [1.82, 2.24) is 15.3 Å². The SMILES string of the molecule is Nc1nccnc1[C@H]1CCCNC1. The lowest BCUT2D eigenvalue weighted by Crippen LogP contribution is -2.29. The van der Waals surface area contributed by atoms with Crippen molar-refractivity contribution in [3.63, 3.8) is 0 Å². The van der Waals surface area contributed by atoms with Crippen LogP contribution in [0.1, 0.15) is 24.5 Å². The van der Waals surface area contributed by atoms with Crippen LogP contribution in [-0.2, 0) is 0 Å². The standard InChI is InChI=1S/C9H14N4/c10-9-8(12-4-5-13-9)7-2-1-3-11-6-7/h4-5,7,11H,1-3,6H2,(H2,10,13)/t7-/m0/s1. The molecule has 2 heterocycles. The molecule has 0 radical (unpaired) electrons. The second-order valence-corrected chi connectivity index (χ2v) is 3.37. The normalized spacial score (nSPS) is 22.9. The van der Waals surface area contributed by atoms with E-state index in [0.717, 1.165) is 25.2 Å². The van der Waals surface area contributed by atoms with Crippen LogP contribution in [-0.4, -0.2) is 23.1 Å². The maximum Gasteiger partial charge on any atom is 0.145 e. The highest BCUT2D eigenvalue weighted by Gasteiger charge is 2.18. The summed E-state index contributed by atoms with van der Waals surface area (Å²) in [6.07, 6.45) is 5.70. The molecule has 1 fully saturated rings. The largest absolute Gasteiger partial charge is 0.382 e. The van der Waals surface area contributed by atoms with Gasteiger partial charge in [-0.25, -0.2) is 4.98 Å². The third-order valence-electron chi connectivity index (χ3n) is 2.44. The summed E-state index contributed by atoms with van der Waals surface area (Å²) < 4.78 is 0. The van der Waals surface area contributed by atoms with Gasteiger partial charge in [0.15, 0.2) is 0 Å². The van der Waals surface area contributed by atoms with E-state index in [1.54, 1.807) is 12.4 Å². The first-order valence-corrected chi connectivity index (χ1v) is 4.65. The molecular formula is C9H14N4. The summed E-state index contributed by atoms with van der Waals surface area (Å²) in [6, 6.07) is 0. The highest BCUT2D eigenvalue weighted by Crippen LogP contribution is 2.23. The highest BCUT2D eigenvalue weighted by atomic mass is 14.9. The van der Waals surface area contributed by atoms with E-state index in [1.807, 2.05) is 0 Å². The molecule has 1 aliphatic heterocycles. The van der Waals surface area contributed by atoms with Gasteiger partial charge in [0.1, 0.15) is 5.82 Å². The van der Waals surface area contributed by atoms with Crippen LogP contribution in [0.2, 0.25) is 0 Å². The monoisotopic (exact) mass is 178 g/mol. The van der Waals surface area contributed by atoms with Gasteiger partial charge in [-0.05, 0) is 19.4 Å². The molecule has 4 nitrogen and oxygen atoms in total. The number of rotatable bonds is 1. The number of aromatic nitrogens is 2. The maximum absolute atomic E-state index is 5.75. The predicted molar refractivity (Wildman–Crippen MR) is 51.3 cm³/mol. The van der Waals surface area contributed by atoms with Crippen LogP contribution in [0.5, 0.6) is 0 Å². The number of nitrogens with two attached hydrogens (primary N) is 1. The summed E-state index contributed by atoms with van der Waals surface area (Å²) in [5.74, 6) is 1.03. The Morgan fingerprint density at radius 3 is 2.92 bits per heavy atom. The van der Waals surface area contributed by atoms with E-state index >= 15 is 0 Å². The van der Waals surface area contributed by atoms with Crippen LogP contribution in [0, 0.1) is 0 Å². The fraction of sp³-hybridized carbons (Fsp3) is 0.556. The molecule has 0 aromatic carbocycles. The number of nitrogens with zero attached hydrogens (tertiary/aromatic N) is 2. The average Bonchev–Trinajstić information content (AvgIpc) is 2.20. The minimum absolute atomic E-state index is 0.447. The van der Waals surface area contributed by atoms with Crippen molar-refractivity contribution in [1.29, 1.82) is 0 Å². The summed E-state index contributed by atoms with van der Waals surface area (Å²) in [6.45, 7) is 2.08. The van der Waals surface area contributed by atoms with Gasteiger partial charge >= 0.3 is 0 Å². The zero-order chi connectivity index (χ0) is 9.10. The van der Waals surface area contributed by atoms with E-state index in [-0.39, 0.29) is 0 Å². The van der Waals surface area contributed by atoms with Crippen LogP contribution >= 0.6 is 0 Å². The van der Waals surface area contributed by atoms with Gasteiger partial charge in [0, 0.05) is 24.9 Å². The Morgan fingerprint density at radius 1 is 1.38 bits per heavy atom. The van der Waals surface area contributed by atoms with Gasteiger partial charge in [-0.2, -0.15) is 0 Å². The van der Waals surface area contributed by atoms with E-state index in [0.29, 0.717) is 11.7 Å². The molecule has 1 aromatic rings. The molecule has 0 saturated carbocycles. The molecule has 3 N–H and O–H groups in total. The summed E-state index contributed by atoms with van der Waals surface area (Å²) >= 11 is 0. The molecule has 13 heavy (non-hydrogen) atoms. The number of nitrogen functional groups attached to an aromatic ring is 1. The second-order valence-electron chi connectivity index (χ2n) is 3.37. The molecule has 0 bridgehead atoms. The number of hydrogen-bond donors (Lipinski definition) is 2. The maximum atomic E-state index is 5.75. The minimum atomic E-state index is 0.447. The van der Waals surface area contributed by atoms with Crippen LogP contribution in [0.3, 0.4) is 0 Å². The lowest BCUT2D eigenvalue weighted by Gasteiger charge is -2.22. The van der Waals surface area contributed by atoms with Gasteiger partial charge in [0.05, 0.1) is 5.69 Å². The molecule has 1 aliphatic rings. The highest BCUT2D eigenvalue weighted by molar-refractivity contribution is 5.36. The van der Waals surface area contributed by atoms with Gasteiger partial charge in [-0.1, -0.05) is 0 Å². The number of nitrogens with one attached hydrogen (secondary N) is 1. The molecule has 4 heteroatoms. The number of piperidine rings is 1. The van der Waals surface area contributed by atoms with Crippen molar-refractivity contribution in [3.05, 3.63) is 18.1 Å². The molecule has 1 aromatic heterocycles. The Balaban J connectivity index is 2.18. The van der Waals surface area contributed by atoms with E-state index in [4.69, 9.17) is 5.73 Å². The zero-order valence-corrected chi connectivity index (χ0v) is 7.53. The van der Waals surface area contributed by atoms with Gasteiger partial charge in [-0.3, -0.25) is 4.98 Å². The fourth-order valence-corrected chi connectivity index (χ4v) is 1.76. The fourth-order valence-electron chi connectivity index (χ4n) is 1.76. The number of hydrogen-bond acceptors (Lipinski definition) is 4. The second kappa shape index (κ2) is 3.70. The average molecular weight is 178 g/mol. The summed E-state index contributed by atoms with van der Waals surface area (Å²) in [7, 11) is 0. The smallest absolute Gasteiger partial charge is 0.145 e. The lowest BCUT2D eigenvalue weighted by atomic mass is 9.96. The third kappa shape index (κ3) is 1.78. The van der Waals surface area contributed by atoms with Gasteiger partial charge < -0.3 is 11.1 Å². The molecule has 1 atom stereocenters. The van der Waals surface area contributed by atoms with Crippen molar-refractivity contribution in [2.24, 2.45) is 0 Å². The van der Waals surface area contributed by atoms with Crippen molar-refractivity contribution in [2.45, 2.75) is 18.8 Å². The molecular weight excluding hydrogens is 164 g/mol. The molecule has 0 unspecified atom stereocenters. The van der Waals surface area contributed by atoms with Gasteiger partial charge in [-0.15, -0.1) is 0 Å². The van der Waals surface area contributed by atoms with E-state index in [1.165, 1.54) is 6.42 Å². The molecule has 2 rings (SSSR count).